The molecule has 0 bridgehead atoms. The van der Waals surface area contributed by atoms with Crippen LogP contribution in [-0.2, 0) is 19.1 Å². The van der Waals surface area contributed by atoms with Crippen molar-refractivity contribution in [2.75, 3.05) is 13.1 Å². The van der Waals surface area contributed by atoms with E-state index in [0.29, 0.717) is 23.4 Å². The average Bonchev–Trinajstić information content (AvgIpc) is 2.80. The van der Waals surface area contributed by atoms with Gasteiger partial charge in [-0.1, -0.05) is 74.5 Å². The highest BCUT2D eigenvalue weighted by Gasteiger charge is 2.23. The molecule has 0 heterocycles. The van der Waals surface area contributed by atoms with Crippen molar-refractivity contribution in [3.05, 3.63) is 83.9 Å². The van der Waals surface area contributed by atoms with Gasteiger partial charge < -0.3 is 0 Å². The van der Waals surface area contributed by atoms with Gasteiger partial charge in [-0.15, -0.1) is 0 Å². The molecule has 4 aromatic rings. The van der Waals surface area contributed by atoms with Crippen LogP contribution in [0.1, 0.15) is 25.0 Å². The average molecular weight is 518 g/mol. The van der Waals surface area contributed by atoms with Crippen LogP contribution in [0.2, 0.25) is 0 Å². The molecule has 0 amide bonds. The number of hydrogen-bond donors (Lipinski definition) is 0. The summed E-state index contributed by atoms with van der Waals surface area (Å²) in [5.74, 6) is 0. The second-order valence-corrected chi connectivity index (χ2v) is 12.3. The number of aryl methyl sites for hydroxylation is 2. The molecule has 0 aliphatic heterocycles. The Hall–Kier alpha value is -2.45. The van der Waals surface area contributed by atoms with Crippen LogP contribution in [0.5, 0.6) is 0 Å². The Morgan fingerprint density at radius 3 is 1.41 bits per heavy atom. The molecule has 180 valence electrons. The van der Waals surface area contributed by atoms with Crippen molar-refractivity contribution in [3.63, 3.8) is 0 Å². The fraction of sp³-hybridized carbons (Fsp3) is 0.231. The Kier molecular flexibility index (Phi) is 8.03. The molecule has 0 atom stereocenters. The number of rotatable bonds is 5. The van der Waals surface area contributed by atoms with E-state index in [1.807, 2.05) is 70.2 Å². The Morgan fingerprint density at radius 1 is 0.618 bits per heavy atom. The molecule has 0 unspecified atom stereocenters. The molecule has 0 spiro atoms. The quantitative estimate of drug-likeness (QED) is 0.293. The van der Waals surface area contributed by atoms with E-state index in [-0.39, 0.29) is 4.90 Å². The third-order valence-corrected chi connectivity index (χ3v) is 9.28. The molecule has 0 saturated carbocycles. The van der Waals surface area contributed by atoms with Gasteiger partial charge in [0, 0.05) is 34.5 Å². The van der Waals surface area contributed by atoms with E-state index in [2.05, 4.69) is 0 Å². The number of hydrogen-bond acceptors (Lipinski definition) is 4. The first-order chi connectivity index (χ1) is 16.0. The number of fused-ring (bicyclic) bond motifs is 2. The molecule has 0 aliphatic carbocycles. The van der Waals surface area contributed by atoms with Gasteiger partial charge in [0.15, 0.2) is 0 Å². The molecule has 8 heteroatoms. The first-order valence-corrected chi connectivity index (χ1v) is 14.7. The first-order valence-electron chi connectivity index (χ1n) is 10.9. The Bertz CT molecular complexity index is 1540. The standard InChI is InChI=1S/C15H19NO2S.C11H9ClO2S/c1-4-16(5-2)19(17,18)15-11-10-12(3)13-8-6-7-9-14(13)15;1-8-6-7-11(15(12,13)14)10-5-3-2-4-9(8)10/h6-11H,4-5H2,1-3H3;2-7H,1H3. The van der Waals surface area contributed by atoms with Crippen LogP contribution in [0.15, 0.2) is 82.6 Å². The van der Waals surface area contributed by atoms with Crippen molar-refractivity contribution in [2.24, 2.45) is 0 Å². The molecule has 0 radical (unpaired) electrons. The minimum atomic E-state index is -3.67. The molecule has 0 aromatic heterocycles. The van der Waals surface area contributed by atoms with Crippen molar-refractivity contribution in [3.8, 4) is 0 Å². The summed E-state index contributed by atoms with van der Waals surface area (Å²) in [5, 5.41) is 3.39. The summed E-state index contributed by atoms with van der Waals surface area (Å²) in [5.41, 5.74) is 2.13. The predicted octanol–water partition coefficient (Wildman–Crippen LogP) is 6.25. The number of sulfonamides is 1. The van der Waals surface area contributed by atoms with Crippen molar-refractivity contribution >= 4 is 51.3 Å². The van der Waals surface area contributed by atoms with E-state index in [0.717, 1.165) is 27.3 Å². The summed E-state index contributed by atoms with van der Waals surface area (Å²) >= 11 is 0. The molecular weight excluding hydrogens is 490 g/mol. The molecule has 34 heavy (non-hydrogen) atoms. The van der Waals surface area contributed by atoms with Crippen LogP contribution in [0.3, 0.4) is 0 Å². The number of nitrogens with zero attached hydrogens (tertiary/aromatic N) is 1. The van der Waals surface area contributed by atoms with Crippen molar-refractivity contribution in [2.45, 2.75) is 37.5 Å². The Labute approximate surface area is 206 Å². The molecule has 0 fully saturated rings. The van der Waals surface area contributed by atoms with Gasteiger partial charge in [-0.3, -0.25) is 0 Å². The zero-order chi connectivity index (χ0) is 25.1. The maximum Gasteiger partial charge on any atom is 0.261 e. The lowest BCUT2D eigenvalue weighted by Gasteiger charge is -2.20. The molecule has 4 rings (SSSR count). The highest BCUT2D eigenvalue weighted by molar-refractivity contribution is 8.14. The van der Waals surface area contributed by atoms with Crippen LogP contribution in [0.25, 0.3) is 21.5 Å². The second-order valence-electron chi connectivity index (χ2n) is 7.88. The smallest absolute Gasteiger partial charge is 0.207 e. The minimum Gasteiger partial charge on any atom is -0.207 e. The number of benzene rings is 4. The van der Waals surface area contributed by atoms with Gasteiger partial charge in [0.05, 0.1) is 9.79 Å². The summed E-state index contributed by atoms with van der Waals surface area (Å²) in [6.07, 6.45) is 0. The number of halogens is 1. The maximum absolute atomic E-state index is 12.6. The van der Waals surface area contributed by atoms with E-state index in [1.54, 1.807) is 30.3 Å². The van der Waals surface area contributed by atoms with E-state index < -0.39 is 19.1 Å². The predicted molar refractivity (Wildman–Crippen MR) is 141 cm³/mol. The third kappa shape index (κ3) is 5.28. The lowest BCUT2D eigenvalue weighted by Crippen LogP contribution is -2.30. The lowest BCUT2D eigenvalue weighted by atomic mass is 10.1. The topological polar surface area (TPSA) is 71.5 Å². The summed E-state index contributed by atoms with van der Waals surface area (Å²) in [7, 11) is -1.72. The maximum atomic E-state index is 12.6. The SMILES string of the molecule is CCN(CC)S(=O)(=O)c1ccc(C)c2ccccc12.Cc1ccc(S(=O)(=O)Cl)c2ccccc12. The largest absolute Gasteiger partial charge is 0.261 e. The highest BCUT2D eigenvalue weighted by Crippen LogP contribution is 2.29. The zero-order valence-electron chi connectivity index (χ0n) is 19.6. The summed E-state index contributed by atoms with van der Waals surface area (Å²) in [6, 6.07) is 21.9. The van der Waals surface area contributed by atoms with Crippen molar-refractivity contribution in [1.82, 2.24) is 4.31 Å². The first kappa shape index (κ1) is 26.2. The van der Waals surface area contributed by atoms with E-state index in [1.165, 1.54) is 4.31 Å². The zero-order valence-corrected chi connectivity index (χ0v) is 22.0. The molecular formula is C26H28ClNO4S2. The molecule has 0 aliphatic rings. The van der Waals surface area contributed by atoms with Gasteiger partial charge in [0.1, 0.15) is 0 Å². The van der Waals surface area contributed by atoms with Gasteiger partial charge in [-0.05, 0) is 47.9 Å². The minimum absolute atomic E-state index is 0.172. The van der Waals surface area contributed by atoms with Crippen LogP contribution in [0, 0.1) is 13.8 Å². The van der Waals surface area contributed by atoms with E-state index in [4.69, 9.17) is 10.7 Å². The monoisotopic (exact) mass is 517 g/mol. The lowest BCUT2D eigenvalue weighted by molar-refractivity contribution is 0.446. The Balaban J connectivity index is 0.000000196. The highest BCUT2D eigenvalue weighted by atomic mass is 35.7. The van der Waals surface area contributed by atoms with Crippen molar-refractivity contribution < 1.29 is 16.8 Å². The van der Waals surface area contributed by atoms with Crippen LogP contribution in [0.4, 0.5) is 0 Å². The molecule has 4 aromatic carbocycles. The summed E-state index contributed by atoms with van der Waals surface area (Å²) in [6.45, 7) is 8.63. The van der Waals surface area contributed by atoms with Gasteiger partial charge in [-0.25, -0.2) is 16.8 Å². The fourth-order valence-corrected chi connectivity index (χ4v) is 6.71. The van der Waals surface area contributed by atoms with Crippen LogP contribution in [-0.4, -0.2) is 34.2 Å². The molecule has 0 saturated heterocycles. The second kappa shape index (κ2) is 10.4. The van der Waals surface area contributed by atoms with Gasteiger partial charge in [-0.2, -0.15) is 4.31 Å². The van der Waals surface area contributed by atoms with E-state index in [9.17, 15) is 16.8 Å². The third-order valence-electron chi connectivity index (χ3n) is 5.79. The van der Waals surface area contributed by atoms with Gasteiger partial charge in [0.25, 0.3) is 9.05 Å². The van der Waals surface area contributed by atoms with E-state index >= 15 is 0 Å². The van der Waals surface area contributed by atoms with Crippen LogP contribution < -0.4 is 0 Å². The fourth-order valence-electron chi connectivity index (χ4n) is 3.98. The van der Waals surface area contributed by atoms with Crippen molar-refractivity contribution in [1.29, 1.82) is 0 Å². The van der Waals surface area contributed by atoms with Gasteiger partial charge in [0.2, 0.25) is 10.0 Å². The summed E-state index contributed by atoms with van der Waals surface area (Å²) < 4.78 is 49.4. The molecule has 5 nitrogen and oxygen atoms in total. The summed E-state index contributed by atoms with van der Waals surface area (Å²) in [4.78, 5) is 0.572. The van der Waals surface area contributed by atoms with Crippen LogP contribution >= 0.6 is 10.7 Å². The molecule has 0 N–H and O–H groups in total. The Morgan fingerprint density at radius 2 is 1.00 bits per heavy atom. The normalized spacial score (nSPS) is 12.1. The van der Waals surface area contributed by atoms with Gasteiger partial charge >= 0.3 is 0 Å².